The fourth-order valence-electron chi connectivity index (χ4n) is 2.39. The average Bonchev–Trinajstić information content (AvgIpc) is 2.63. The molecule has 0 fully saturated rings. The first kappa shape index (κ1) is 22.9. The molecule has 0 aliphatic heterocycles. The zero-order valence-electron chi connectivity index (χ0n) is 16.0. The van der Waals surface area contributed by atoms with Gasteiger partial charge in [-0.15, -0.1) is 0 Å². The lowest BCUT2D eigenvalue weighted by Crippen LogP contribution is -2.25. The molecule has 1 unspecified atom stereocenters. The molecule has 0 bridgehead atoms. The minimum atomic E-state index is -3.03. The van der Waals surface area contributed by atoms with E-state index in [1.807, 2.05) is 6.92 Å². The number of hydrogen-bond donors (Lipinski definition) is 2. The van der Waals surface area contributed by atoms with Crippen molar-refractivity contribution in [3.05, 3.63) is 35.0 Å². The SMILES string of the molecule is CCCCC(C)Oc1cccc(NC(=O)C(C(Cl)=NC)=C(N)C(F)F)c1C. The number of unbranched alkanes of at least 4 members (excludes halogenated alkanes) is 1. The van der Waals surface area contributed by atoms with E-state index >= 15 is 0 Å². The fraction of sp³-hybridized carbons (Fsp3) is 0.474. The number of rotatable bonds is 9. The Hall–Kier alpha value is -2.15. The van der Waals surface area contributed by atoms with Crippen LogP contribution in [0.4, 0.5) is 14.5 Å². The molecule has 1 aromatic rings. The van der Waals surface area contributed by atoms with Crippen molar-refractivity contribution in [3.8, 4) is 5.75 Å². The molecule has 5 nitrogen and oxygen atoms in total. The second-order valence-electron chi connectivity index (χ2n) is 6.10. The maximum Gasteiger partial charge on any atom is 0.278 e. The van der Waals surface area contributed by atoms with Crippen LogP contribution in [0, 0.1) is 6.92 Å². The first-order chi connectivity index (χ1) is 12.7. The van der Waals surface area contributed by atoms with Gasteiger partial charge in [-0.3, -0.25) is 9.79 Å². The summed E-state index contributed by atoms with van der Waals surface area (Å²) >= 11 is 5.81. The molecule has 0 radical (unpaired) electrons. The first-order valence-corrected chi connectivity index (χ1v) is 9.08. The summed E-state index contributed by atoms with van der Waals surface area (Å²) in [5.41, 5.74) is 4.97. The first-order valence-electron chi connectivity index (χ1n) is 8.70. The number of alkyl halides is 2. The quantitative estimate of drug-likeness (QED) is 0.467. The van der Waals surface area contributed by atoms with Crippen LogP contribution in [0.1, 0.15) is 38.7 Å². The zero-order chi connectivity index (χ0) is 20.6. The van der Waals surface area contributed by atoms with Crippen molar-refractivity contribution in [1.29, 1.82) is 0 Å². The minimum absolute atomic E-state index is 0.0150. The number of aliphatic imine (C=N–C) groups is 1. The number of allylic oxidation sites excluding steroid dienone is 1. The Labute approximate surface area is 163 Å². The molecule has 1 amide bonds. The lowest BCUT2D eigenvalue weighted by molar-refractivity contribution is -0.112. The number of nitrogens with two attached hydrogens (primary N) is 1. The summed E-state index contributed by atoms with van der Waals surface area (Å²) in [6.07, 6.45) is 0.0143. The molecule has 27 heavy (non-hydrogen) atoms. The van der Waals surface area contributed by atoms with E-state index in [1.165, 1.54) is 7.05 Å². The zero-order valence-corrected chi connectivity index (χ0v) is 16.7. The minimum Gasteiger partial charge on any atom is -0.490 e. The van der Waals surface area contributed by atoms with Gasteiger partial charge in [-0.25, -0.2) is 8.78 Å². The van der Waals surface area contributed by atoms with Gasteiger partial charge < -0.3 is 15.8 Å². The molecule has 1 atom stereocenters. The normalized spacial score (nSPS) is 14.0. The maximum absolute atomic E-state index is 13.0. The molecule has 150 valence electrons. The highest BCUT2D eigenvalue weighted by molar-refractivity contribution is 6.72. The van der Waals surface area contributed by atoms with Crippen LogP contribution in [0.3, 0.4) is 0 Å². The summed E-state index contributed by atoms with van der Waals surface area (Å²) in [6.45, 7) is 5.85. The van der Waals surface area contributed by atoms with E-state index < -0.39 is 23.6 Å². The van der Waals surface area contributed by atoms with Gasteiger partial charge in [0.2, 0.25) is 0 Å². The second kappa shape index (κ2) is 10.9. The van der Waals surface area contributed by atoms with Gasteiger partial charge in [0.05, 0.1) is 11.8 Å². The summed E-state index contributed by atoms with van der Waals surface area (Å²) in [5.74, 6) is -0.248. The number of ether oxygens (including phenoxy) is 1. The van der Waals surface area contributed by atoms with E-state index in [1.54, 1.807) is 25.1 Å². The third-order valence-corrected chi connectivity index (χ3v) is 4.34. The lowest BCUT2D eigenvalue weighted by Gasteiger charge is -2.18. The molecular formula is C19H26ClF2N3O2. The fourth-order valence-corrected chi connectivity index (χ4v) is 2.59. The van der Waals surface area contributed by atoms with E-state index in [0.29, 0.717) is 17.0 Å². The van der Waals surface area contributed by atoms with E-state index in [-0.39, 0.29) is 11.3 Å². The van der Waals surface area contributed by atoms with Crippen molar-refractivity contribution in [2.24, 2.45) is 10.7 Å². The lowest BCUT2D eigenvalue weighted by atomic mass is 10.1. The molecule has 0 saturated heterocycles. The van der Waals surface area contributed by atoms with Gasteiger partial charge in [-0.2, -0.15) is 0 Å². The van der Waals surface area contributed by atoms with E-state index in [2.05, 4.69) is 17.2 Å². The Morgan fingerprint density at radius 3 is 2.63 bits per heavy atom. The van der Waals surface area contributed by atoms with Crippen molar-refractivity contribution in [2.75, 3.05) is 12.4 Å². The average molecular weight is 402 g/mol. The third kappa shape index (κ3) is 6.50. The Balaban J connectivity index is 3.09. The molecule has 3 N–H and O–H groups in total. The van der Waals surface area contributed by atoms with Crippen molar-refractivity contribution >= 4 is 28.4 Å². The van der Waals surface area contributed by atoms with Crippen LogP contribution < -0.4 is 15.8 Å². The second-order valence-corrected chi connectivity index (χ2v) is 6.46. The number of nitrogens with zero attached hydrogens (tertiary/aromatic N) is 1. The monoisotopic (exact) mass is 401 g/mol. The van der Waals surface area contributed by atoms with Crippen molar-refractivity contribution < 1.29 is 18.3 Å². The van der Waals surface area contributed by atoms with Crippen LogP contribution in [0.2, 0.25) is 0 Å². The summed E-state index contributed by atoms with van der Waals surface area (Å²) in [6, 6.07) is 5.14. The molecule has 0 saturated carbocycles. The molecule has 0 heterocycles. The predicted molar refractivity (Wildman–Crippen MR) is 106 cm³/mol. The molecule has 8 heteroatoms. The van der Waals surface area contributed by atoms with Crippen LogP contribution in [0.25, 0.3) is 0 Å². The van der Waals surface area contributed by atoms with Gasteiger partial charge in [0, 0.05) is 18.3 Å². The number of benzene rings is 1. The Kier molecular flexibility index (Phi) is 9.21. The number of halogens is 3. The molecule has 0 spiro atoms. The van der Waals surface area contributed by atoms with Crippen LogP contribution in [0.15, 0.2) is 34.5 Å². The highest BCUT2D eigenvalue weighted by atomic mass is 35.5. The van der Waals surface area contributed by atoms with Gasteiger partial charge in [0.25, 0.3) is 12.3 Å². The van der Waals surface area contributed by atoms with Crippen molar-refractivity contribution in [1.82, 2.24) is 0 Å². The van der Waals surface area contributed by atoms with Crippen molar-refractivity contribution in [3.63, 3.8) is 0 Å². The largest absolute Gasteiger partial charge is 0.490 e. The van der Waals surface area contributed by atoms with E-state index in [4.69, 9.17) is 22.1 Å². The summed E-state index contributed by atoms with van der Waals surface area (Å²) in [4.78, 5) is 16.1. The number of carbonyl (C=O) groups is 1. The molecule has 0 aromatic heterocycles. The third-order valence-electron chi connectivity index (χ3n) is 3.98. The van der Waals surface area contributed by atoms with E-state index in [9.17, 15) is 13.6 Å². The van der Waals surface area contributed by atoms with Crippen LogP contribution >= 0.6 is 11.6 Å². The molecule has 1 rings (SSSR count). The molecule has 0 aliphatic carbocycles. The van der Waals surface area contributed by atoms with Gasteiger partial charge in [-0.1, -0.05) is 37.4 Å². The number of anilines is 1. The van der Waals surface area contributed by atoms with Gasteiger partial charge in [-0.05, 0) is 32.4 Å². The summed E-state index contributed by atoms with van der Waals surface area (Å²) < 4.78 is 31.9. The number of amides is 1. The van der Waals surface area contributed by atoms with Crippen LogP contribution in [0.5, 0.6) is 5.75 Å². The Bertz CT molecular complexity index is 721. The topological polar surface area (TPSA) is 76.7 Å². The van der Waals surface area contributed by atoms with Crippen molar-refractivity contribution in [2.45, 2.75) is 52.6 Å². The predicted octanol–water partition coefficient (Wildman–Crippen LogP) is 4.64. The Morgan fingerprint density at radius 2 is 2.07 bits per heavy atom. The number of carbonyl (C=O) groups excluding carboxylic acids is 1. The molecule has 1 aromatic carbocycles. The van der Waals surface area contributed by atoms with Crippen LogP contribution in [-0.4, -0.2) is 30.7 Å². The summed E-state index contributed by atoms with van der Waals surface area (Å²) in [5, 5.41) is 2.18. The number of hydrogen-bond acceptors (Lipinski definition) is 4. The maximum atomic E-state index is 13.0. The molecule has 0 aliphatic rings. The van der Waals surface area contributed by atoms with E-state index in [0.717, 1.165) is 19.3 Å². The van der Waals surface area contributed by atoms with Gasteiger partial charge in [0.1, 0.15) is 16.5 Å². The van der Waals surface area contributed by atoms with Gasteiger partial charge in [0.15, 0.2) is 0 Å². The standard InChI is InChI=1S/C19H26ClF2N3O2/c1-5-6-8-11(2)27-14-10-7-9-13(12(14)3)25-19(26)15(17(20)24-4)16(23)18(21)22/h7,9-11,18H,5-6,8,23H2,1-4H3,(H,25,26). The van der Waals surface area contributed by atoms with Gasteiger partial charge >= 0.3 is 0 Å². The molecular weight excluding hydrogens is 376 g/mol. The Morgan fingerprint density at radius 1 is 1.41 bits per heavy atom. The number of nitrogens with one attached hydrogen (secondary N) is 1. The smallest absolute Gasteiger partial charge is 0.278 e. The summed E-state index contributed by atoms with van der Waals surface area (Å²) in [7, 11) is 1.28. The van der Waals surface area contributed by atoms with Crippen LogP contribution in [-0.2, 0) is 4.79 Å². The highest BCUT2D eigenvalue weighted by Crippen LogP contribution is 2.28. The highest BCUT2D eigenvalue weighted by Gasteiger charge is 2.24.